The average Bonchev–Trinajstić information content (AvgIpc) is 3.40. The molecule has 9 nitrogen and oxygen atoms in total. The van der Waals surface area contributed by atoms with Crippen molar-refractivity contribution in [3.05, 3.63) is 63.8 Å². The summed E-state index contributed by atoms with van der Waals surface area (Å²) < 4.78 is 2.32. The van der Waals surface area contributed by atoms with Gasteiger partial charge in [-0.25, -0.2) is 4.98 Å². The number of aryl methyl sites for hydroxylation is 4. The second kappa shape index (κ2) is 8.60. The number of nitrogens with one attached hydrogen (secondary N) is 2. The highest BCUT2D eigenvalue weighted by atomic mass is 32.1. The molecule has 0 saturated heterocycles. The maximum atomic E-state index is 12.9. The number of H-pyrrole nitrogens is 1. The molecule has 1 amide bonds. The zero-order valence-corrected chi connectivity index (χ0v) is 19.8. The van der Waals surface area contributed by atoms with E-state index < -0.39 is 0 Å². The number of hydrogen-bond acceptors (Lipinski definition) is 7. The van der Waals surface area contributed by atoms with Crippen molar-refractivity contribution in [3.63, 3.8) is 0 Å². The standard InChI is InChI=1S/C21H22N8OS2/c1-6-9-28-18(24-25-21(28)31)17-14(5)22-20(32-17)23-19(30)16-13(4)26-29(27-16)15-8-7-11(2)10-12(15)3/h6-8,10H,1,9H2,2-5H3,(H,25,31)(H,22,23,30). The summed E-state index contributed by atoms with van der Waals surface area (Å²) in [7, 11) is 0. The van der Waals surface area contributed by atoms with Gasteiger partial charge in [0, 0.05) is 6.54 Å². The molecule has 1 aromatic carbocycles. The number of amides is 1. The van der Waals surface area contributed by atoms with Crippen LogP contribution in [-0.4, -0.2) is 40.6 Å². The Labute approximate surface area is 193 Å². The van der Waals surface area contributed by atoms with Gasteiger partial charge in [0.25, 0.3) is 5.91 Å². The molecule has 4 aromatic rings. The van der Waals surface area contributed by atoms with Crippen molar-refractivity contribution in [2.24, 2.45) is 0 Å². The third-order valence-electron chi connectivity index (χ3n) is 4.86. The summed E-state index contributed by atoms with van der Waals surface area (Å²) in [6.45, 7) is 11.9. The lowest BCUT2D eigenvalue weighted by atomic mass is 10.1. The van der Waals surface area contributed by atoms with Gasteiger partial charge in [-0.1, -0.05) is 35.1 Å². The van der Waals surface area contributed by atoms with Gasteiger partial charge in [-0.15, -0.1) is 11.7 Å². The Morgan fingerprint density at radius 1 is 1.25 bits per heavy atom. The van der Waals surface area contributed by atoms with Crippen LogP contribution in [0.15, 0.2) is 30.9 Å². The molecule has 2 N–H and O–H groups in total. The summed E-state index contributed by atoms with van der Waals surface area (Å²) in [6, 6.07) is 5.98. The van der Waals surface area contributed by atoms with Gasteiger partial charge in [0.2, 0.25) is 0 Å². The second-order valence-corrected chi connectivity index (χ2v) is 8.74. The molecule has 0 fully saturated rings. The van der Waals surface area contributed by atoms with E-state index in [0.717, 1.165) is 27.4 Å². The van der Waals surface area contributed by atoms with E-state index in [-0.39, 0.29) is 11.6 Å². The van der Waals surface area contributed by atoms with Gasteiger partial charge in [0.1, 0.15) is 0 Å². The van der Waals surface area contributed by atoms with E-state index in [9.17, 15) is 4.79 Å². The van der Waals surface area contributed by atoms with Crippen LogP contribution >= 0.6 is 23.6 Å². The number of thiazole rings is 1. The normalized spacial score (nSPS) is 11.0. The molecule has 3 heterocycles. The number of anilines is 1. The largest absolute Gasteiger partial charge is 0.296 e. The van der Waals surface area contributed by atoms with E-state index in [1.165, 1.54) is 16.1 Å². The number of benzene rings is 1. The number of hydrogen-bond donors (Lipinski definition) is 2. The van der Waals surface area contributed by atoms with Crippen molar-refractivity contribution < 1.29 is 4.79 Å². The van der Waals surface area contributed by atoms with Crippen molar-refractivity contribution in [3.8, 4) is 16.4 Å². The summed E-state index contributed by atoms with van der Waals surface area (Å²) in [6.07, 6.45) is 1.75. The van der Waals surface area contributed by atoms with Gasteiger partial charge in [-0.3, -0.25) is 19.8 Å². The van der Waals surface area contributed by atoms with Gasteiger partial charge in [0.05, 0.1) is 22.0 Å². The molecule has 0 saturated carbocycles. The molecule has 0 spiro atoms. The molecule has 11 heteroatoms. The summed E-state index contributed by atoms with van der Waals surface area (Å²) >= 11 is 6.61. The minimum absolute atomic E-state index is 0.244. The van der Waals surface area contributed by atoms with Crippen molar-refractivity contribution >= 4 is 34.6 Å². The molecule has 0 aliphatic rings. The number of carbonyl (C=O) groups is 1. The number of carbonyl (C=O) groups excluding carboxylic acids is 1. The Hall–Kier alpha value is -3.44. The molecular weight excluding hydrogens is 444 g/mol. The molecule has 0 bridgehead atoms. The van der Waals surface area contributed by atoms with Crippen LogP contribution in [0.3, 0.4) is 0 Å². The average molecular weight is 467 g/mol. The van der Waals surface area contributed by atoms with Crippen LogP contribution in [0, 0.1) is 32.5 Å². The van der Waals surface area contributed by atoms with E-state index in [2.05, 4.69) is 43.3 Å². The topological polar surface area (TPSA) is 106 Å². The minimum atomic E-state index is -0.372. The maximum Gasteiger partial charge on any atom is 0.279 e. The second-order valence-electron chi connectivity index (χ2n) is 7.35. The van der Waals surface area contributed by atoms with Crippen LogP contribution in [0.25, 0.3) is 16.4 Å². The van der Waals surface area contributed by atoms with Gasteiger partial charge >= 0.3 is 0 Å². The third-order valence-corrected chi connectivity index (χ3v) is 6.24. The van der Waals surface area contributed by atoms with Crippen LogP contribution in [0.2, 0.25) is 0 Å². The molecule has 164 valence electrons. The van der Waals surface area contributed by atoms with Crippen molar-refractivity contribution in [1.82, 2.24) is 34.7 Å². The molecule has 0 radical (unpaired) electrons. The van der Waals surface area contributed by atoms with Gasteiger partial charge in [-0.2, -0.15) is 15.0 Å². The summed E-state index contributed by atoms with van der Waals surface area (Å²) in [5.74, 6) is 0.283. The summed E-state index contributed by atoms with van der Waals surface area (Å²) in [4.78, 5) is 19.7. The van der Waals surface area contributed by atoms with Crippen molar-refractivity contribution in [2.75, 3.05) is 5.32 Å². The molecule has 0 unspecified atom stereocenters. The zero-order chi connectivity index (χ0) is 23.0. The highest BCUT2D eigenvalue weighted by Crippen LogP contribution is 2.32. The number of rotatable bonds is 6. The fourth-order valence-electron chi connectivity index (χ4n) is 3.33. The Morgan fingerprint density at radius 2 is 2.03 bits per heavy atom. The number of allylic oxidation sites excluding steroid dienone is 1. The molecule has 0 aliphatic heterocycles. The fraction of sp³-hybridized carbons (Fsp3) is 0.238. The first kappa shape index (κ1) is 21.8. The number of nitrogens with zero attached hydrogens (tertiary/aromatic N) is 6. The molecule has 0 aliphatic carbocycles. The van der Waals surface area contributed by atoms with Crippen LogP contribution in [0.1, 0.15) is 33.0 Å². The number of aromatic nitrogens is 7. The minimum Gasteiger partial charge on any atom is -0.296 e. The van der Waals surface area contributed by atoms with E-state index in [1.807, 2.05) is 37.5 Å². The lowest BCUT2D eigenvalue weighted by Gasteiger charge is -2.04. The van der Waals surface area contributed by atoms with Gasteiger partial charge in [-0.05, 0) is 51.5 Å². The zero-order valence-electron chi connectivity index (χ0n) is 18.1. The predicted octanol–water partition coefficient (Wildman–Crippen LogP) is 4.32. The molecule has 3 aromatic heterocycles. The Bertz CT molecular complexity index is 1390. The lowest BCUT2D eigenvalue weighted by Crippen LogP contribution is -2.14. The number of aromatic amines is 1. The van der Waals surface area contributed by atoms with E-state index in [4.69, 9.17) is 12.2 Å². The Morgan fingerprint density at radius 3 is 2.75 bits per heavy atom. The lowest BCUT2D eigenvalue weighted by molar-refractivity contribution is 0.102. The molecule has 4 rings (SSSR count). The van der Waals surface area contributed by atoms with Crippen LogP contribution in [0.4, 0.5) is 5.13 Å². The van der Waals surface area contributed by atoms with E-state index in [0.29, 0.717) is 28.0 Å². The van der Waals surface area contributed by atoms with Crippen LogP contribution < -0.4 is 5.32 Å². The Balaban J connectivity index is 1.61. The quantitative estimate of drug-likeness (QED) is 0.324. The van der Waals surface area contributed by atoms with Crippen LogP contribution in [0.5, 0.6) is 0 Å². The smallest absolute Gasteiger partial charge is 0.279 e. The van der Waals surface area contributed by atoms with Gasteiger partial charge in [0.15, 0.2) is 21.4 Å². The Kier molecular flexibility index (Phi) is 5.85. The predicted molar refractivity (Wildman–Crippen MR) is 127 cm³/mol. The highest BCUT2D eigenvalue weighted by molar-refractivity contribution is 7.71. The van der Waals surface area contributed by atoms with Gasteiger partial charge < -0.3 is 0 Å². The maximum absolute atomic E-state index is 12.9. The highest BCUT2D eigenvalue weighted by Gasteiger charge is 2.21. The van der Waals surface area contributed by atoms with Crippen molar-refractivity contribution in [1.29, 1.82) is 0 Å². The fourth-order valence-corrected chi connectivity index (χ4v) is 4.50. The first-order valence-electron chi connectivity index (χ1n) is 9.85. The van der Waals surface area contributed by atoms with Crippen molar-refractivity contribution in [2.45, 2.75) is 34.2 Å². The van der Waals surface area contributed by atoms with E-state index in [1.54, 1.807) is 13.0 Å². The SMILES string of the molecule is C=CCn1c(-c2sc(NC(=O)c3nn(-c4ccc(C)cc4C)nc3C)nc2C)n[nH]c1=S. The summed E-state index contributed by atoms with van der Waals surface area (Å²) in [5.41, 5.74) is 4.52. The van der Waals surface area contributed by atoms with E-state index >= 15 is 0 Å². The molecule has 0 atom stereocenters. The third kappa shape index (κ3) is 4.04. The first-order valence-corrected chi connectivity index (χ1v) is 11.1. The summed E-state index contributed by atoms with van der Waals surface area (Å²) in [5, 5.41) is 19.2. The van der Waals surface area contributed by atoms with Crippen LogP contribution in [-0.2, 0) is 6.54 Å². The molecule has 32 heavy (non-hydrogen) atoms. The monoisotopic (exact) mass is 466 g/mol. The first-order chi connectivity index (χ1) is 15.3. The molecular formula is C21H22N8OS2.